The highest BCUT2D eigenvalue weighted by Gasteiger charge is 2.22. The van der Waals surface area contributed by atoms with Crippen molar-refractivity contribution in [3.63, 3.8) is 0 Å². The molecule has 3 aromatic rings. The van der Waals surface area contributed by atoms with Gasteiger partial charge in [0.15, 0.2) is 0 Å². The molecule has 5 heteroatoms. The Morgan fingerprint density at radius 3 is 2.79 bits per heavy atom. The number of carbonyl (C=O) groups is 1. The van der Waals surface area contributed by atoms with Crippen molar-refractivity contribution in [3.8, 4) is 0 Å². The molecule has 1 aromatic carbocycles. The third-order valence-corrected chi connectivity index (χ3v) is 5.76. The fourth-order valence-electron chi connectivity index (χ4n) is 4.20. The predicted molar refractivity (Wildman–Crippen MR) is 111 cm³/mol. The zero-order chi connectivity index (χ0) is 19.3. The molecule has 0 spiro atoms. The summed E-state index contributed by atoms with van der Waals surface area (Å²) in [4.78, 5) is 18.9. The van der Waals surface area contributed by atoms with E-state index in [0.717, 1.165) is 30.0 Å². The van der Waals surface area contributed by atoms with Crippen LogP contribution in [0.1, 0.15) is 42.0 Å². The number of aromatic nitrogens is 2. The van der Waals surface area contributed by atoms with E-state index < -0.39 is 0 Å². The lowest BCUT2D eigenvalue weighted by Gasteiger charge is -2.18. The zero-order valence-electron chi connectivity index (χ0n) is 16.5. The van der Waals surface area contributed by atoms with Crippen molar-refractivity contribution in [1.29, 1.82) is 0 Å². The highest BCUT2D eigenvalue weighted by molar-refractivity contribution is 5.77. The smallest absolute Gasteiger partial charge is 0.221 e. The molecule has 1 saturated heterocycles. The van der Waals surface area contributed by atoms with Crippen LogP contribution in [0.2, 0.25) is 0 Å². The highest BCUT2D eigenvalue weighted by Crippen LogP contribution is 2.28. The van der Waals surface area contributed by atoms with Gasteiger partial charge in [-0.3, -0.25) is 4.79 Å². The second-order valence-electron chi connectivity index (χ2n) is 7.84. The number of likely N-dealkylation sites (tertiary alicyclic amines) is 1. The molecule has 2 aromatic heterocycles. The summed E-state index contributed by atoms with van der Waals surface area (Å²) in [6.07, 6.45) is 7.02. The number of nitrogens with one attached hydrogen (secondary N) is 2. The van der Waals surface area contributed by atoms with E-state index in [-0.39, 0.29) is 11.8 Å². The molecule has 146 valence electrons. The fraction of sp³-hybridized carbons (Fsp3) is 0.391. The summed E-state index contributed by atoms with van der Waals surface area (Å²) >= 11 is 0. The van der Waals surface area contributed by atoms with E-state index >= 15 is 0 Å². The SMILES string of the molecule is Cc1ccn2c([C@H](CC(=O)NCC[NH+]3CCCC3)c3ccccc3)cnc2c1. The predicted octanol–water partition coefficient (Wildman–Crippen LogP) is 1.96. The quantitative estimate of drug-likeness (QED) is 0.661. The van der Waals surface area contributed by atoms with Gasteiger partial charge in [0.05, 0.1) is 31.9 Å². The Hall–Kier alpha value is -2.66. The van der Waals surface area contributed by atoms with Crippen LogP contribution < -0.4 is 10.2 Å². The molecule has 28 heavy (non-hydrogen) atoms. The maximum Gasteiger partial charge on any atom is 0.221 e. The maximum absolute atomic E-state index is 12.7. The second-order valence-corrected chi connectivity index (χ2v) is 7.84. The van der Waals surface area contributed by atoms with Crippen LogP contribution in [0.4, 0.5) is 0 Å². The van der Waals surface area contributed by atoms with Crippen molar-refractivity contribution in [3.05, 3.63) is 71.7 Å². The number of hydrogen-bond donors (Lipinski definition) is 2. The maximum atomic E-state index is 12.7. The van der Waals surface area contributed by atoms with E-state index in [1.54, 1.807) is 4.90 Å². The molecule has 1 amide bonds. The first-order valence-electron chi connectivity index (χ1n) is 10.3. The van der Waals surface area contributed by atoms with Crippen LogP contribution in [0.25, 0.3) is 5.65 Å². The van der Waals surface area contributed by atoms with Gasteiger partial charge in [0.1, 0.15) is 5.65 Å². The van der Waals surface area contributed by atoms with Crippen molar-refractivity contribution in [2.45, 2.75) is 32.1 Å². The number of amides is 1. The first-order chi connectivity index (χ1) is 13.7. The van der Waals surface area contributed by atoms with Crippen LogP contribution in [0.3, 0.4) is 0 Å². The van der Waals surface area contributed by atoms with E-state index in [2.05, 4.69) is 52.1 Å². The van der Waals surface area contributed by atoms with Gasteiger partial charge in [-0.2, -0.15) is 0 Å². The third kappa shape index (κ3) is 4.25. The molecule has 0 saturated carbocycles. The molecular weight excluding hydrogens is 348 g/mol. The minimum Gasteiger partial charge on any atom is -0.350 e. The van der Waals surface area contributed by atoms with Gasteiger partial charge >= 0.3 is 0 Å². The first kappa shape index (κ1) is 18.7. The van der Waals surface area contributed by atoms with Crippen molar-refractivity contribution < 1.29 is 9.69 Å². The van der Waals surface area contributed by atoms with Gasteiger partial charge in [-0.1, -0.05) is 30.3 Å². The van der Waals surface area contributed by atoms with E-state index in [1.165, 1.54) is 31.5 Å². The number of carbonyl (C=O) groups excluding carboxylic acids is 1. The number of nitrogens with zero attached hydrogens (tertiary/aromatic N) is 2. The second kappa shape index (κ2) is 8.57. The van der Waals surface area contributed by atoms with Crippen LogP contribution in [-0.4, -0.2) is 41.5 Å². The molecule has 3 heterocycles. The molecule has 0 aliphatic carbocycles. The number of benzene rings is 1. The van der Waals surface area contributed by atoms with Crippen LogP contribution in [0.15, 0.2) is 54.9 Å². The number of quaternary nitrogens is 1. The van der Waals surface area contributed by atoms with E-state index in [0.29, 0.717) is 6.42 Å². The topological polar surface area (TPSA) is 50.8 Å². The molecule has 1 aliphatic rings. The van der Waals surface area contributed by atoms with Crippen LogP contribution in [-0.2, 0) is 4.79 Å². The van der Waals surface area contributed by atoms with E-state index in [1.807, 2.05) is 24.4 Å². The van der Waals surface area contributed by atoms with Gasteiger partial charge in [-0.15, -0.1) is 0 Å². The number of hydrogen-bond acceptors (Lipinski definition) is 2. The molecular formula is C23H29N4O+. The first-order valence-corrected chi connectivity index (χ1v) is 10.3. The average molecular weight is 378 g/mol. The zero-order valence-corrected chi connectivity index (χ0v) is 16.5. The van der Waals surface area contributed by atoms with E-state index in [4.69, 9.17) is 0 Å². The molecule has 0 radical (unpaired) electrons. The normalized spacial score (nSPS) is 15.8. The number of rotatable bonds is 7. The summed E-state index contributed by atoms with van der Waals surface area (Å²) in [6.45, 7) is 6.32. The van der Waals surface area contributed by atoms with Gasteiger partial charge < -0.3 is 14.6 Å². The lowest BCUT2D eigenvalue weighted by molar-refractivity contribution is -0.886. The van der Waals surface area contributed by atoms with Crippen molar-refractivity contribution in [2.75, 3.05) is 26.2 Å². The molecule has 0 bridgehead atoms. The monoisotopic (exact) mass is 377 g/mol. The molecule has 5 nitrogen and oxygen atoms in total. The average Bonchev–Trinajstić information content (AvgIpc) is 3.36. The molecule has 1 atom stereocenters. The summed E-state index contributed by atoms with van der Waals surface area (Å²) in [5.41, 5.74) is 4.31. The minimum absolute atomic E-state index is 0.0157. The lowest BCUT2D eigenvalue weighted by atomic mass is 9.92. The summed E-state index contributed by atoms with van der Waals surface area (Å²) in [5, 5.41) is 3.14. The Morgan fingerprint density at radius 1 is 1.21 bits per heavy atom. The van der Waals surface area contributed by atoms with Crippen molar-refractivity contribution in [1.82, 2.24) is 14.7 Å². The van der Waals surface area contributed by atoms with E-state index in [9.17, 15) is 4.79 Å². The van der Waals surface area contributed by atoms with Gasteiger partial charge in [-0.25, -0.2) is 4.98 Å². The van der Waals surface area contributed by atoms with Gasteiger partial charge in [0.25, 0.3) is 0 Å². The Labute approximate surface area is 166 Å². The van der Waals surface area contributed by atoms with Crippen molar-refractivity contribution >= 4 is 11.6 Å². The van der Waals surface area contributed by atoms with Gasteiger partial charge in [-0.05, 0) is 30.2 Å². The summed E-state index contributed by atoms with van der Waals surface area (Å²) < 4.78 is 2.10. The Balaban J connectivity index is 1.51. The summed E-state index contributed by atoms with van der Waals surface area (Å²) in [6, 6.07) is 14.4. The Bertz CT molecular complexity index is 928. The summed E-state index contributed by atoms with van der Waals surface area (Å²) in [5.74, 6) is 0.0903. The fourth-order valence-corrected chi connectivity index (χ4v) is 4.20. The molecule has 1 fully saturated rings. The Morgan fingerprint density at radius 2 is 2.00 bits per heavy atom. The Kier molecular flexibility index (Phi) is 5.72. The lowest BCUT2D eigenvalue weighted by Crippen LogP contribution is -3.10. The number of imidazole rings is 1. The van der Waals surface area contributed by atoms with Crippen LogP contribution in [0, 0.1) is 6.92 Å². The largest absolute Gasteiger partial charge is 0.350 e. The number of fused-ring (bicyclic) bond motifs is 1. The third-order valence-electron chi connectivity index (χ3n) is 5.76. The minimum atomic E-state index is -0.0157. The molecule has 1 aliphatic heterocycles. The highest BCUT2D eigenvalue weighted by atomic mass is 16.1. The summed E-state index contributed by atoms with van der Waals surface area (Å²) in [7, 11) is 0. The standard InChI is InChI=1S/C23H28N4O/c1-18-9-13-27-21(17-25-22(27)15-18)20(19-7-3-2-4-8-19)16-23(28)24-10-14-26-11-5-6-12-26/h2-4,7-9,13,15,17,20H,5-6,10-12,14,16H2,1H3,(H,24,28)/p+1/t20-/m1/s1. The van der Waals surface area contributed by atoms with Gasteiger partial charge in [0.2, 0.25) is 5.91 Å². The molecule has 4 rings (SSSR count). The molecule has 2 N–H and O–H groups in total. The molecule has 0 unspecified atom stereocenters. The number of aryl methyl sites for hydroxylation is 1. The van der Waals surface area contributed by atoms with Crippen molar-refractivity contribution in [2.24, 2.45) is 0 Å². The number of pyridine rings is 1. The van der Waals surface area contributed by atoms with Crippen LogP contribution >= 0.6 is 0 Å². The van der Waals surface area contributed by atoms with Gasteiger partial charge in [0, 0.05) is 37.6 Å². The van der Waals surface area contributed by atoms with Crippen LogP contribution in [0.5, 0.6) is 0 Å².